The van der Waals surface area contributed by atoms with Gasteiger partial charge in [-0.3, -0.25) is 9.78 Å². The van der Waals surface area contributed by atoms with Gasteiger partial charge in [-0.15, -0.1) is 0 Å². The van der Waals surface area contributed by atoms with E-state index in [2.05, 4.69) is 38.5 Å². The standard InChI is InChI=1S/C16H18BrN3O/c1-10-4-5-18-9-15(10)20-16(21)14-7-11-2-3-13(17)6-12(11)8-19-14/h2-3,6-8,10,15,18H,4-5,9H2,1H3,(H,20,21). The number of carbonyl (C=O) groups excluding carboxylic acids is 1. The second-order valence-corrected chi connectivity index (χ2v) is 6.53. The molecular formula is C16H18BrN3O. The number of carbonyl (C=O) groups is 1. The molecule has 2 unspecified atom stereocenters. The molecule has 1 aromatic heterocycles. The zero-order chi connectivity index (χ0) is 14.8. The van der Waals surface area contributed by atoms with Crippen LogP contribution in [0.3, 0.4) is 0 Å². The molecule has 5 heteroatoms. The smallest absolute Gasteiger partial charge is 0.270 e. The Morgan fingerprint density at radius 2 is 2.24 bits per heavy atom. The maximum absolute atomic E-state index is 12.4. The van der Waals surface area contributed by atoms with Crippen LogP contribution in [0.15, 0.2) is 34.9 Å². The minimum Gasteiger partial charge on any atom is -0.346 e. The third kappa shape index (κ3) is 3.24. The lowest BCUT2D eigenvalue weighted by Gasteiger charge is -2.30. The molecule has 2 aromatic rings. The molecule has 1 aromatic carbocycles. The van der Waals surface area contributed by atoms with E-state index in [-0.39, 0.29) is 11.9 Å². The van der Waals surface area contributed by atoms with Gasteiger partial charge in [-0.25, -0.2) is 0 Å². The first-order valence-corrected chi connectivity index (χ1v) is 7.99. The van der Waals surface area contributed by atoms with Crippen LogP contribution in [0.4, 0.5) is 0 Å². The monoisotopic (exact) mass is 347 g/mol. The number of rotatable bonds is 2. The average molecular weight is 348 g/mol. The molecule has 4 nitrogen and oxygen atoms in total. The van der Waals surface area contributed by atoms with Gasteiger partial charge in [-0.1, -0.05) is 28.9 Å². The molecule has 1 saturated heterocycles. The summed E-state index contributed by atoms with van der Waals surface area (Å²) in [6.07, 6.45) is 2.83. The van der Waals surface area contributed by atoms with Crippen molar-refractivity contribution < 1.29 is 4.79 Å². The second kappa shape index (κ2) is 6.12. The Bertz CT molecular complexity index is 674. The second-order valence-electron chi connectivity index (χ2n) is 5.61. The van der Waals surface area contributed by atoms with Gasteiger partial charge < -0.3 is 10.6 Å². The first-order chi connectivity index (χ1) is 10.1. The molecule has 0 aliphatic carbocycles. The molecule has 1 amide bonds. The van der Waals surface area contributed by atoms with Crippen LogP contribution in [0.5, 0.6) is 0 Å². The number of fused-ring (bicyclic) bond motifs is 1. The highest BCUT2D eigenvalue weighted by molar-refractivity contribution is 9.10. The van der Waals surface area contributed by atoms with Crippen molar-refractivity contribution >= 4 is 32.6 Å². The number of halogens is 1. The molecule has 2 N–H and O–H groups in total. The van der Waals surface area contributed by atoms with Gasteiger partial charge in [0.2, 0.25) is 0 Å². The Hall–Kier alpha value is -1.46. The fourth-order valence-corrected chi connectivity index (χ4v) is 3.04. The van der Waals surface area contributed by atoms with E-state index in [1.165, 1.54) is 0 Å². The van der Waals surface area contributed by atoms with Gasteiger partial charge in [0.15, 0.2) is 0 Å². The molecule has 21 heavy (non-hydrogen) atoms. The van der Waals surface area contributed by atoms with Gasteiger partial charge in [0.25, 0.3) is 5.91 Å². The van der Waals surface area contributed by atoms with E-state index >= 15 is 0 Å². The molecule has 0 spiro atoms. The zero-order valence-electron chi connectivity index (χ0n) is 11.9. The van der Waals surface area contributed by atoms with Gasteiger partial charge in [-0.2, -0.15) is 0 Å². The van der Waals surface area contributed by atoms with Crippen molar-refractivity contribution in [2.45, 2.75) is 19.4 Å². The number of amides is 1. The van der Waals surface area contributed by atoms with Crippen molar-refractivity contribution in [2.24, 2.45) is 5.92 Å². The van der Waals surface area contributed by atoms with E-state index in [9.17, 15) is 4.79 Å². The molecule has 1 aliphatic rings. The highest BCUT2D eigenvalue weighted by Crippen LogP contribution is 2.20. The van der Waals surface area contributed by atoms with E-state index in [4.69, 9.17) is 0 Å². The predicted octanol–water partition coefficient (Wildman–Crippen LogP) is 2.73. The number of pyridine rings is 1. The summed E-state index contributed by atoms with van der Waals surface area (Å²) in [5.74, 6) is 0.395. The van der Waals surface area contributed by atoms with Crippen molar-refractivity contribution in [1.82, 2.24) is 15.6 Å². The lowest BCUT2D eigenvalue weighted by molar-refractivity contribution is 0.0910. The average Bonchev–Trinajstić information content (AvgIpc) is 2.49. The minimum atomic E-state index is -0.0969. The van der Waals surface area contributed by atoms with Crippen LogP contribution < -0.4 is 10.6 Å². The first kappa shape index (κ1) is 14.5. The lowest BCUT2D eigenvalue weighted by Crippen LogP contribution is -2.50. The highest BCUT2D eigenvalue weighted by Gasteiger charge is 2.23. The van der Waals surface area contributed by atoms with Crippen LogP contribution in [0, 0.1) is 5.92 Å². The lowest BCUT2D eigenvalue weighted by atomic mass is 9.95. The van der Waals surface area contributed by atoms with Crippen molar-refractivity contribution in [1.29, 1.82) is 0 Å². The maximum atomic E-state index is 12.4. The van der Waals surface area contributed by atoms with E-state index in [1.54, 1.807) is 6.20 Å². The third-order valence-electron chi connectivity index (χ3n) is 4.06. The number of hydrogen-bond acceptors (Lipinski definition) is 3. The number of nitrogens with zero attached hydrogens (tertiary/aromatic N) is 1. The third-order valence-corrected chi connectivity index (χ3v) is 4.55. The molecule has 2 atom stereocenters. The summed E-state index contributed by atoms with van der Waals surface area (Å²) in [4.78, 5) is 16.6. The molecule has 2 heterocycles. The fraction of sp³-hybridized carbons (Fsp3) is 0.375. The highest BCUT2D eigenvalue weighted by atomic mass is 79.9. The van der Waals surface area contributed by atoms with Crippen molar-refractivity contribution in [3.8, 4) is 0 Å². The Morgan fingerprint density at radius 3 is 3.05 bits per heavy atom. The van der Waals surface area contributed by atoms with Crippen LogP contribution in [0.2, 0.25) is 0 Å². The van der Waals surface area contributed by atoms with E-state index in [0.29, 0.717) is 11.6 Å². The summed E-state index contributed by atoms with van der Waals surface area (Å²) in [7, 11) is 0. The fourth-order valence-electron chi connectivity index (χ4n) is 2.66. The predicted molar refractivity (Wildman–Crippen MR) is 87.3 cm³/mol. The van der Waals surface area contributed by atoms with E-state index < -0.39 is 0 Å². The van der Waals surface area contributed by atoms with Crippen LogP contribution >= 0.6 is 15.9 Å². The number of aromatic nitrogens is 1. The van der Waals surface area contributed by atoms with Crippen LogP contribution in [-0.2, 0) is 0 Å². The van der Waals surface area contributed by atoms with Gasteiger partial charge in [0.05, 0.1) is 0 Å². The summed E-state index contributed by atoms with van der Waals surface area (Å²) >= 11 is 3.44. The van der Waals surface area contributed by atoms with Gasteiger partial charge in [0.1, 0.15) is 5.69 Å². The topological polar surface area (TPSA) is 54.0 Å². The van der Waals surface area contributed by atoms with E-state index in [1.807, 2.05) is 24.3 Å². The largest absolute Gasteiger partial charge is 0.346 e. The Kier molecular flexibility index (Phi) is 4.22. The van der Waals surface area contributed by atoms with Gasteiger partial charge in [0, 0.05) is 28.6 Å². The molecule has 0 bridgehead atoms. The molecule has 0 saturated carbocycles. The summed E-state index contributed by atoms with van der Waals surface area (Å²) in [6.45, 7) is 4.03. The van der Waals surface area contributed by atoms with Gasteiger partial charge >= 0.3 is 0 Å². The molecule has 110 valence electrons. The SMILES string of the molecule is CC1CCNCC1NC(=O)c1cc2ccc(Br)cc2cn1. The molecule has 1 fully saturated rings. The van der Waals surface area contributed by atoms with Crippen molar-refractivity contribution in [3.05, 3.63) is 40.6 Å². The van der Waals surface area contributed by atoms with Gasteiger partial charge in [-0.05, 0) is 42.5 Å². The van der Waals surface area contributed by atoms with E-state index in [0.717, 1.165) is 34.8 Å². The summed E-state index contributed by atoms with van der Waals surface area (Å²) in [5.41, 5.74) is 0.475. The van der Waals surface area contributed by atoms with Crippen LogP contribution in [-0.4, -0.2) is 30.0 Å². The summed E-state index contributed by atoms with van der Waals surface area (Å²) in [6, 6.07) is 7.98. The summed E-state index contributed by atoms with van der Waals surface area (Å²) < 4.78 is 1.01. The Labute approximate surface area is 132 Å². The first-order valence-electron chi connectivity index (χ1n) is 7.20. The number of hydrogen-bond donors (Lipinski definition) is 2. The Morgan fingerprint density at radius 1 is 1.38 bits per heavy atom. The number of benzene rings is 1. The maximum Gasteiger partial charge on any atom is 0.270 e. The Balaban J connectivity index is 1.79. The molecule has 1 aliphatic heterocycles. The summed E-state index contributed by atoms with van der Waals surface area (Å²) in [5, 5.41) is 8.45. The number of piperidine rings is 1. The van der Waals surface area contributed by atoms with Crippen molar-refractivity contribution in [2.75, 3.05) is 13.1 Å². The zero-order valence-corrected chi connectivity index (χ0v) is 13.5. The minimum absolute atomic E-state index is 0.0969. The molecular weight excluding hydrogens is 330 g/mol. The normalized spacial score (nSPS) is 22.2. The number of nitrogens with one attached hydrogen (secondary N) is 2. The quantitative estimate of drug-likeness (QED) is 0.878. The van der Waals surface area contributed by atoms with Crippen LogP contribution in [0.1, 0.15) is 23.8 Å². The molecule has 0 radical (unpaired) electrons. The van der Waals surface area contributed by atoms with Crippen molar-refractivity contribution in [3.63, 3.8) is 0 Å². The molecule has 3 rings (SSSR count). The van der Waals surface area contributed by atoms with Crippen LogP contribution in [0.25, 0.3) is 10.8 Å².